The molecule has 0 fully saturated rings. The van der Waals surface area contributed by atoms with Crippen LogP contribution in [0.15, 0.2) is 95.9 Å². The molecule has 19 nitrogen and oxygen atoms in total. The van der Waals surface area contributed by atoms with Crippen molar-refractivity contribution in [3.63, 3.8) is 0 Å². The zero-order valence-corrected chi connectivity index (χ0v) is 33.1. The first-order chi connectivity index (χ1) is 28.5. The van der Waals surface area contributed by atoms with Crippen molar-refractivity contribution in [2.24, 2.45) is 11.7 Å². The molecule has 0 radical (unpaired) electrons. The van der Waals surface area contributed by atoms with Gasteiger partial charge in [-0.05, 0) is 65.3 Å². The van der Waals surface area contributed by atoms with Gasteiger partial charge in [-0.1, -0.05) is 68.4 Å². The van der Waals surface area contributed by atoms with E-state index in [2.05, 4.69) is 21.3 Å². The second kappa shape index (κ2) is 19.6. The number of nitrogens with one attached hydrogen (secondary N) is 4. The van der Waals surface area contributed by atoms with E-state index in [-0.39, 0.29) is 54.6 Å². The highest BCUT2D eigenvalue weighted by atomic mass is 32.2. The molecule has 4 aromatic rings. The van der Waals surface area contributed by atoms with E-state index in [0.717, 1.165) is 58.7 Å². The van der Waals surface area contributed by atoms with Crippen LogP contribution in [0.3, 0.4) is 0 Å². The van der Waals surface area contributed by atoms with Crippen molar-refractivity contribution < 1.29 is 56.1 Å². The normalized spacial score (nSPS) is 12.9. The van der Waals surface area contributed by atoms with Crippen molar-refractivity contribution in [1.82, 2.24) is 16.0 Å². The van der Waals surface area contributed by atoms with Gasteiger partial charge in [0.25, 0.3) is 15.8 Å². The smallest absolute Gasteiger partial charge is 0.449 e. The first-order valence-electron chi connectivity index (χ1n) is 18.5. The molecule has 316 valence electrons. The number of anilines is 1. The lowest BCUT2D eigenvalue weighted by atomic mass is 9.98. The van der Waals surface area contributed by atoms with Gasteiger partial charge in [-0.2, -0.15) is 8.42 Å². The van der Waals surface area contributed by atoms with Gasteiger partial charge in [-0.3, -0.25) is 24.3 Å². The maximum atomic E-state index is 13.7. The number of hydrogen-bond acceptors (Lipinski definition) is 12. The largest absolute Gasteiger partial charge is 0.514 e. The Morgan fingerprint density at radius 3 is 2.08 bits per heavy atom. The first-order valence-corrected chi connectivity index (χ1v) is 19.9. The standard InChI is InChI=1S/C40H42N6O13S/c1-23(2)35(45-39(50)57-22-32-30-10-5-3-8-28(30)29-9-4-6-11-31(29)32)37(48)44-33(12-7-19-42-38(41)49)36(47)43-25-14-13-24(34(20-25)60(54,55)56)21-58-40(51)59-27-17-15-26(16-18-27)46(52)53/h3-6,8-11,13-18,20,23,32-33,35H,7,12,19,21-22H2,1-2H3,(H,43,47)(H,44,48)(H,45,50)(H3,41,42,49)(H,54,55,56)/t33-,35-/m0/s1. The lowest BCUT2D eigenvalue weighted by Crippen LogP contribution is -2.54. The summed E-state index contributed by atoms with van der Waals surface area (Å²) in [5.74, 6) is -2.38. The number of nitro groups is 1. The van der Waals surface area contributed by atoms with Crippen LogP contribution in [0.2, 0.25) is 0 Å². The van der Waals surface area contributed by atoms with E-state index in [1.54, 1.807) is 13.8 Å². The average Bonchev–Trinajstić information content (AvgIpc) is 3.52. The number of primary amides is 1. The second-order valence-corrected chi connectivity index (χ2v) is 15.3. The van der Waals surface area contributed by atoms with Crippen molar-refractivity contribution in [3.8, 4) is 16.9 Å². The Kier molecular flexibility index (Phi) is 14.4. The molecule has 60 heavy (non-hydrogen) atoms. The molecule has 0 spiro atoms. The summed E-state index contributed by atoms with van der Waals surface area (Å²) in [7, 11) is -4.97. The second-order valence-electron chi connectivity index (χ2n) is 13.9. The van der Waals surface area contributed by atoms with Gasteiger partial charge in [0, 0.05) is 35.8 Å². The summed E-state index contributed by atoms with van der Waals surface area (Å²) in [5, 5.41) is 20.9. The summed E-state index contributed by atoms with van der Waals surface area (Å²) < 4.78 is 50.2. The highest BCUT2D eigenvalue weighted by molar-refractivity contribution is 7.85. The molecule has 1 aliphatic rings. The topological polar surface area (TPSA) is 285 Å². The Morgan fingerprint density at radius 1 is 0.867 bits per heavy atom. The molecule has 0 heterocycles. The number of carbonyl (C=O) groups excluding carboxylic acids is 5. The van der Waals surface area contributed by atoms with Crippen molar-refractivity contribution in [1.29, 1.82) is 0 Å². The Labute approximate surface area is 343 Å². The molecule has 0 bridgehead atoms. The molecule has 0 unspecified atom stereocenters. The molecule has 20 heteroatoms. The number of nitro benzene ring substituents is 1. The number of carbonyl (C=O) groups is 5. The minimum Gasteiger partial charge on any atom is -0.449 e. The quantitative estimate of drug-likeness (QED) is 0.0204. The summed E-state index contributed by atoms with van der Waals surface area (Å²) in [4.78, 5) is 73.5. The highest BCUT2D eigenvalue weighted by Gasteiger charge is 2.32. The van der Waals surface area contributed by atoms with Gasteiger partial charge in [0.05, 0.1) is 4.92 Å². The molecular weight excluding hydrogens is 805 g/mol. The molecule has 7 N–H and O–H groups in total. The molecule has 5 rings (SSSR count). The van der Waals surface area contributed by atoms with Crippen LogP contribution in [0.25, 0.3) is 11.1 Å². The zero-order valence-electron chi connectivity index (χ0n) is 32.3. The van der Waals surface area contributed by atoms with E-state index < -0.39 is 74.6 Å². The number of amides is 5. The lowest BCUT2D eigenvalue weighted by Gasteiger charge is -2.25. The van der Waals surface area contributed by atoms with Crippen molar-refractivity contribution in [2.45, 2.75) is 56.2 Å². The van der Waals surface area contributed by atoms with E-state index in [4.69, 9.17) is 19.9 Å². The number of alkyl carbamates (subject to hydrolysis) is 1. The minimum absolute atomic E-state index is 0.00703. The molecule has 5 amide bonds. The summed E-state index contributed by atoms with van der Waals surface area (Å²) in [6.07, 6.45) is -2.06. The maximum Gasteiger partial charge on any atom is 0.514 e. The first kappa shape index (κ1) is 44.1. The monoisotopic (exact) mass is 846 g/mol. The number of rotatable bonds is 17. The van der Waals surface area contributed by atoms with Crippen molar-refractivity contribution in [3.05, 3.63) is 118 Å². The van der Waals surface area contributed by atoms with E-state index in [1.165, 1.54) is 6.07 Å². The number of urea groups is 1. The molecule has 0 saturated carbocycles. The summed E-state index contributed by atoms with van der Waals surface area (Å²) in [6.45, 7) is 2.67. The Hall–Kier alpha value is -7.06. The third kappa shape index (κ3) is 11.5. The number of benzene rings is 4. The molecule has 0 saturated heterocycles. The van der Waals surface area contributed by atoms with Gasteiger partial charge in [0.2, 0.25) is 11.8 Å². The predicted octanol–water partition coefficient (Wildman–Crippen LogP) is 4.99. The molecule has 4 aromatic carbocycles. The van der Waals surface area contributed by atoms with Gasteiger partial charge in [-0.15, -0.1) is 0 Å². The third-order valence-electron chi connectivity index (χ3n) is 9.37. The van der Waals surface area contributed by atoms with E-state index in [9.17, 15) is 47.1 Å². The number of nitrogens with zero attached hydrogens (tertiary/aromatic N) is 1. The van der Waals surface area contributed by atoms with Crippen LogP contribution >= 0.6 is 0 Å². The van der Waals surface area contributed by atoms with Crippen LogP contribution < -0.4 is 31.7 Å². The third-order valence-corrected chi connectivity index (χ3v) is 10.3. The summed E-state index contributed by atoms with van der Waals surface area (Å²) >= 11 is 0. The van der Waals surface area contributed by atoms with Crippen LogP contribution in [0.1, 0.15) is 49.3 Å². The Morgan fingerprint density at radius 2 is 1.50 bits per heavy atom. The predicted molar refractivity (Wildman–Crippen MR) is 214 cm³/mol. The fraction of sp³-hybridized carbons (Fsp3) is 0.275. The number of nitrogens with two attached hydrogens (primary N) is 1. The fourth-order valence-electron chi connectivity index (χ4n) is 6.47. The van der Waals surface area contributed by atoms with Crippen molar-refractivity contribution >= 4 is 51.6 Å². The van der Waals surface area contributed by atoms with Gasteiger partial charge in [-0.25, -0.2) is 14.4 Å². The SMILES string of the molecule is CC(C)[C@H](NC(=O)OCC1c2ccccc2-c2ccccc21)C(=O)N[C@@H](CCCNC(N)=O)C(=O)Nc1ccc(COC(=O)Oc2ccc([N+](=O)[O-])cc2)c(S(=O)(=O)O)c1. The summed E-state index contributed by atoms with van der Waals surface area (Å²) in [5.41, 5.74) is 8.62. The summed E-state index contributed by atoms with van der Waals surface area (Å²) in [6, 6.07) is 20.1. The van der Waals surface area contributed by atoms with Crippen LogP contribution in [0.5, 0.6) is 5.75 Å². The van der Waals surface area contributed by atoms with Crippen LogP contribution in [0.4, 0.5) is 25.8 Å². The van der Waals surface area contributed by atoms with Crippen LogP contribution in [-0.2, 0) is 35.8 Å². The molecular formula is C40H42N6O13S. The average molecular weight is 847 g/mol. The number of non-ortho nitro benzene ring substituents is 1. The Bertz CT molecular complexity index is 2330. The zero-order chi connectivity index (χ0) is 43.6. The molecule has 1 aliphatic carbocycles. The van der Waals surface area contributed by atoms with Gasteiger partial charge >= 0.3 is 18.3 Å². The van der Waals surface area contributed by atoms with Crippen LogP contribution in [-0.4, -0.2) is 73.2 Å². The van der Waals surface area contributed by atoms with E-state index in [0.29, 0.717) is 0 Å². The fourth-order valence-corrected chi connectivity index (χ4v) is 7.20. The van der Waals surface area contributed by atoms with E-state index >= 15 is 0 Å². The van der Waals surface area contributed by atoms with E-state index in [1.807, 2.05) is 48.5 Å². The molecule has 2 atom stereocenters. The van der Waals surface area contributed by atoms with Gasteiger partial charge < -0.3 is 41.2 Å². The lowest BCUT2D eigenvalue weighted by molar-refractivity contribution is -0.384. The molecule has 0 aromatic heterocycles. The minimum atomic E-state index is -4.97. The van der Waals surface area contributed by atoms with Gasteiger partial charge in [0.1, 0.15) is 35.9 Å². The molecule has 0 aliphatic heterocycles. The van der Waals surface area contributed by atoms with Gasteiger partial charge in [0.15, 0.2) is 0 Å². The highest BCUT2D eigenvalue weighted by Crippen LogP contribution is 2.44. The number of ether oxygens (including phenoxy) is 3. The maximum absolute atomic E-state index is 13.7. The van der Waals surface area contributed by atoms with Crippen LogP contribution in [0, 0.1) is 16.0 Å². The Balaban J connectivity index is 1.24. The number of hydrogen-bond donors (Lipinski definition) is 6. The number of fused-ring (bicyclic) bond motifs is 3. The van der Waals surface area contributed by atoms with Crippen molar-refractivity contribution in [2.75, 3.05) is 18.5 Å².